The van der Waals surface area contributed by atoms with Gasteiger partial charge in [-0.2, -0.15) is 0 Å². The molecule has 0 radical (unpaired) electrons. The second-order valence-corrected chi connectivity index (χ2v) is 6.80. The smallest absolute Gasteiger partial charge is 0.273 e. The molecular formula is C17H14ClN3O2S. The number of ketones is 1. The summed E-state index contributed by atoms with van der Waals surface area (Å²) in [5.41, 5.74) is 1.88. The van der Waals surface area contributed by atoms with E-state index < -0.39 is 0 Å². The van der Waals surface area contributed by atoms with Crippen molar-refractivity contribution in [1.29, 1.82) is 0 Å². The first-order valence-electron chi connectivity index (χ1n) is 7.21. The largest absolute Gasteiger partial charge is 0.356 e. The predicted octanol–water partition coefficient (Wildman–Crippen LogP) is 4.17. The number of amides is 1. The lowest BCUT2D eigenvalue weighted by atomic mass is 10.1. The molecule has 24 heavy (non-hydrogen) atoms. The highest BCUT2D eigenvalue weighted by Crippen LogP contribution is 2.23. The molecule has 0 saturated carbocycles. The highest BCUT2D eigenvalue weighted by molar-refractivity contribution is 7.15. The molecule has 2 aromatic heterocycles. The van der Waals surface area contributed by atoms with E-state index in [2.05, 4.69) is 15.3 Å². The van der Waals surface area contributed by atoms with Gasteiger partial charge < -0.3 is 4.98 Å². The standard InChI is InChI=1S/C17H14ClN3O2S/c1-10(22)12-7-15(19-8-12)16(23)21-17-20-9-14(24-17)6-11-3-2-4-13(18)5-11/h2-5,7-9,19H,6H2,1H3,(H,20,21,23). The average molecular weight is 360 g/mol. The van der Waals surface area contributed by atoms with E-state index in [0.717, 1.165) is 10.4 Å². The lowest BCUT2D eigenvalue weighted by Crippen LogP contribution is -2.11. The van der Waals surface area contributed by atoms with E-state index >= 15 is 0 Å². The van der Waals surface area contributed by atoms with Crippen LogP contribution in [0.1, 0.15) is 38.2 Å². The summed E-state index contributed by atoms with van der Waals surface area (Å²) in [6.07, 6.45) is 3.95. The molecule has 0 bridgehead atoms. The number of hydrogen-bond acceptors (Lipinski definition) is 4. The van der Waals surface area contributed by atoms with Crippen molar-refractivity contribution in [2.45, 2.75) is 13.3 Å². The first-order chi connectivity index (χ1) is 11.5. The van der Waals surface area contributed by atoms with E-state index in [0.29, 0.717) is 27.8 Å². The van der Waals surface area contributed by atoms with Crippen molar-refractivity contribution in [1.82, 2.24) is 9.97 Å². The number of hydrogen-bond donors (Lipinski definition) is 2. The number of carbonyl (C=O) groups excluding carboxylic acids is 2. The van der Waals surface area contributed by atoms with Crippen LogP contribution in [0.2, 0.25) is 5.02 Å². The lowest BCUT2D eigenvalue weighted by Gasteiger charge is -1.99. The molecule has 122 valence electrons. The molecule has 2 N–H and O–H groups in total. The molecule has 1 aromatic carbocycles. The number of aromatic nitrogens is 2. The number of H-pyrrole nitrogens is 1. The maximum atomic E-state index is 12.2. The van der Waals surface area contributed by atoms with E-state index in [4.69, 9.17) is 11.6 Å². The number of thiazole rings is 1. The zero-order valence-corrected chi connectivity index (χ0v) is 14.4. The minimum Gasteiger partial charge on any atom is -0.356 e. The Labute approximate surface area is 147 Å². The Morgan fingerprint density at radius 3 is 2.88 bits per heavy atom. The summed E-state index contributed by atoms with van der Waals surface area (Å²) in [6.45, 7) is 1.45. The van der Waals surface area contributed by atoms with Crippen LogP contribution < -0.4 is 5.32 Å². The molecule has 3 rings (SSSR count). The van der Waals surface area contributed by atoms with Crippen molar-refractivity contribution in [3.05, 3.63) is 69.4 Å². The molecule has 0 unspecified atom stereocenters. The van der Waals surface area contributed by atoms with Crippen LogP contribution in [0.25, 0.3) is 0 Å². The Hall–Kier alpha value is -2.44. The molecule has 0 saturated heterocycles. The third-order valence-electron chi connectivity index (χ3n) is 3.38. The van der Waals surface area contributed by atoms with Gasteiger partial charge in [-0.15, -0.1) is 11.3 Å². The number of benzene rings is 1. The van der Waals surface area contributed by atoms with Gasteiger partial charge in [0, 0.05) is 34.3 Å². The molecule has 7 heteroatoms. The number of nitrogens with zero attached hydrogens (tertiary/aromatic N) is 1. The number of aromatic amines is 1. The van der Waals surface area contributed by atoms with E-state index in [1.165, 1.54) is 30.5 Å². The molecular weight excluding hydrogens is 346 g/mol. The second-order valence-electron chi connectivity index (χ2n) is 5.25. The maximum absolute atomic E-state index is 12.2. The SMILES string of the molecule is CC(=O)c1c[nH]c(C(=O)Nc2ncc(Cc3cccc(Cl)c3)s2)c1. The minimum absolute atomic E-state index is 0.0941. The molecule has 0 aliphatic rings. The van der Waals surface area contributed by atoms with Gasteiger partial charge in [0.25, 0.3) is 5.91 Å². The van der Waals surface area contributed by atoms with E-state index in [1.54, 1.807) is 6.20 Å². The predicted molar refractivity (Wildman–Crippen MR) is 95.1 cm³/mol. The number of rotatable bonds is 5. The third-order valence-corrected chi connectivity index (χ3v) is 4.52. The Morgan fingerprint density at radius 1 is 1.33 bits per heavy atom. The number of Topliss-reactive ketones (excluding diaryl/α,β-unsaturated/α-hetero) is 1. The monoisotopic (exact) mass is 359 g/mol. The van der Waals surface area contributed by atoms with Crippen LogP contribution in [0, 0.1) is 0 Å². The summed E-state index contributed by atoms with van der Waals surface area (Å²) >= 11 is 7.38. The van der Waals surface area contributed by atoms with E-state index in [-0.39, 0.29) is 11.7 Å². The van der Waals surface area contributed by atoms with Gasteiger partial charge in [-0.3, -0.25) is 14.9 Å². The van der Waals surface area contributed by atoms with Crippen molar-refractivity contribution in [3.8, 4) is 0 Å². The molecule has 3 aromatic rings. The zero-order valence-electron chi connectivity index (χ0n) is 12.8. The summed E-state index contributed by atoms with van der Waals surface area (Å²) < 4.78 is 0. The van der Waals surface area contributed by atoms with Crippen molar-refractivity contribution in [2.75, 3.05) is 5.32 Å². The first kappa shape index (κ1) is 16.4. The van der Waals surface area contributed by atoms with Gasteiger partial charge in [-0.1, -0.05) is 23.7 Å². The highest BCUT2D eigenvalue weighted by atomic mass is 35.5. The van der Waals surface area contributed by atoms with Gasteiger partial charge in [-0.05, 0) is 30.7 Å². The lowest BCUT2D eigenvalue weighted by molar-refractivity contribution is 0.101. The fraction of sp³-hybridized carbons (Fsp3) is 0.118. The van der Waals surface area contributed by atoms with Crippen LogP contribution in [0.5, 0.6) is 0 Å². The molecule has 0 spiro atoms. The van der Waals surface area contributed by atoms with Gasteiger partial charge in [0.15, 0.2) is 10.9 Å². The van der Waals surface area contributed by atoms with E-state index in [1.807, 2.05) is 24.3 Å². The van der Waals surface area contributed by atoms with Gasteiger partial charge >= 0.3 is 0 Å². The van der Waals surface area contributed by atoms with Crippen molar-refractivity contribution < 1.29 is 9.59 Å². The summed E-state index contributed by atoms with van der Waals surface area (Å²) in [6, 6.07) is 9.15. The fourth-order valence-electron chi connectivity index (χ4n) is 2.19. The second kappa shape index (κ2) is 6.98. The number of halogens is 1. The van der Waals surface area contributed by atoms with Crippen molar-refractivity contribution in [3.63, 3.8) is 0 Å². The van der Waals surface area contributed by atoms with Gasteiger partial charge in [-0.25, -0.2) is 4.98 Å². The van der Waals surface area contributed by atoms with Gasteiger partial charge in [0.1, 0.15) is 5.69 Å². The molecule has 2 heterocycles. The quantitative estimate of drug-likeness (QED) is 0.671. The van der Waals surface area contributed by atoms with Crippen LogP contribution in [0.4, 0.5) is 5.13 Å². The summed E-state index contributed by atoms with van der Waals surface area (Å²) in [4.78, 5) is 31.4. The Balaban J connectivity index is 1.67. The number of carbonyl (C=O) groups is 2. The highest BCUT2D eigenvalue weighted by Gasteiger charge is 2.13. The Morgan fingerprint density at radius 2 is 2.17 bits per heavy atom. The Bertz CT molecular complexity index is 901. The van der Waals surface area contributed by atoms with Crippen LogP contribution in [0.15, 0.2) is 42.7 Å². The fourth-order valence-corrected chi connectivity index (χ4v) is 3.24. The summed E-state index contributed by atoms with van der Waals surface area (Å²) in [7, 11) is 0. The van der Waals surface area contributed by atoms with Gasteiger partial charge in [0.05, 0.1) is 0 Å². The molecule has 1 amide bonds. The summed E-state index contributed by atoms with van der Waals surface area (Å²) in [5, 5.41) is 3.93. The van der Waals surface area contributed by atoms with Crippen LogP contribution in [0.3, 0.4) is 0 Å². The maximum Gasteiger partial charge on any atom is 0.273 e. The van der Waals surface area contributed by atoms with Crippen molar-refractivity contribution >= 4 is 39.8 Å². The zero-order chi connectivity index (χ0) is 17.1. The third kappa shape index (κ3) is 3.90. The molecule has 0 fully saturated rings. The first-order valence-corrected chi connectivity index (χ1v) is 8.40. The molecule has 0 aliphatic carbocycles. The topological polar surface area (TPSA) is 74.8 Å². The summed E-state index contributed by atoms with van der Waals surface area (Å²) in [5.74, 6) is -0.422. The van der Waals surface area contributed by atoms with Crippen LogP contribution in [-0.2, 0) is 6.42 Å². The Kier molecular flexibility index (Phi) is 4.78. The normalized spacial score (nSPS) is 10.6. The number of nitrogens with one attached hydrogen (secondary N) is 2. The van der Waals surface area contributed by atoms with Crippen molar-refractivity contribution in [2.24, 2.45) is 0 Å². The number of anilines is 1. The van der Waals surface area contributed by atoms with Gasteiger partial charge in [0.2, 0.25) is 0 Å². The average Bonchev–Trinajstić information content (AvgIpc) is 3.17. The van der Waals surface area contributed by atoms with Crippen LogP contribution in [-0.4, -0.2) is 21.7 Å². The van der Waals surface area contributed by atoms with Crippen LogP contribution >= 0.6 is 22.9 Å². The molecule has 5 nitrogen and oxygen atoms in total. The van der Waals surface area contributed by atoms with E-state index in [9.17, 15) is 9.59 Å². The molecule has 0 aliphatic heterocycles. The molecule has 0 atom stereocenters. The minimum atomic E-state index is -0.328.